The third kappa shape index (κ3) is 4.62. The van der Waals surface area contributed by atoms with Gasteiger partial charge in [-0.25, -0.2) is 0 Å². The van der Waals surface area contributed by atoms with Crippen LogP contribution in [0.25, 0.3) is 0 Å². The van der Waals surface area contributed by atoms with E-state index in [0.29, 0.717) is 18.0 Å². The van der Waals surface area contributed by atoms with E-state index in [1.165, 1.54) is 0 Å². The molecule has 1 aromatic carbocycles. The molecule has 1 unspecified atom stereocenters. The van der Waals surface area contributed by atoms with Gasteiger partial charge in [0, 0.05) is 42.7 Å². The molecule has 0 spiro atoms. The molecule has 1 heterocycles. The minimum absolute atomic E-state index is 0.119. The molecule has 122 valence electrons. The molecule has 1 aromatic rings. The van der Waals surface area contributed by atoms with Crippen LogP contribution in [0, 0.1) is 0 Å². The SMILES string of the molecule is CCCN1CC(NCc2cc(Cl)ccc2OC(C)C)CC1=O. The fourth-order valence-corrected chi connectivity index (χ4v) is 2.90. The Balaban J connectivity index is 1.97. The second kappa shape index (κ2) is 7.84. The van der Waals surface area contributed by atoms with Crippen LogP contribution in [-0.4, -0.2) is 36.0 Å². The Kier molecular flexibility index (Phi) is 6.09. The first kappa shape index (κ1) is 17.1. The van der Waals surface area contributed by atoms with Crippen LogP contribution in [0.4, 0.5) is 0 Å². The monoisotopic (exact) mass is 324 g/mol. The van der Waals surface area contributed by atoms with E-state index in [1.807, 2.05) is 36.9 Å². The Bertz CT molecular complexity index is 519. The molecule has 1 N–H and O–H groups in total. The van der Waals surface area contributed by atoms with Gasteiger partial charge in [-0.2, -0.15) is 0 Å². The maximum absolute atomic E-state index is 11.9. The third-order valence-corrected chi connectivity index (χ3v) is 3.91. The van der Waals surface area contributed by atoms with Gasteiger partial charge in [0.15, 0.2) is 0 Å². The van der Waals surface area contributed by atoms with Crippen molar-refractivity contribution in [3.05, 3.63) is 28.8 Å². The van der Waals surface area contributed by atoms with E-state index < -0.39 is 0 Å². The highest BCUT2D eigenvalue weighted by Crippen LogP contribution is 2.24. The predicted octanol–water partition coefficient (Wildman–Crippen LogP) is 3.23. The van der Waals surface area contributed by atoms with E-state index >= 15 is 0 Å². The summed E-state index contributed by atoms with van der Waals surface area (Å²) >= 11 is 6.09. The normalized spacial score (nSPS) is 18.3. The van der Waals surface area contributed by atoms with Gasteiger partial charge in [0.2, 0.25) is 5.91 Å². The number of carbonyl (C=O) groups excluding carboxylic acids is 1. The van der Waals surface area contributed by atoms with E-state index in [0.717, 1.165) is 30.8 Å². The predicted molar refractivity (Wildman–Crippen MR) is 89.3 cm³/mol. The van der Waals surface area contributed by atoms with Crippen molar-refractivity contribution in [1.29, 1.82) is 0 Å². The Morgan fingerprint density at radius 2 is 2.23 bits per heavy atom. The molecule has 1 aliphatic heterocycles. The van der Waals surface area contributed by atoms with Crippen molar-refractivity contribution in [3.8, 4) is 5.75 Å². The highest BCUT2D eigenvalue weighted by Gasteiger charge is 2.28. The highest BCUT2D eigenvalue weighted by atomic mass is 35.5. The summed E-state index contributed by atoms with van der Waals surface area (Å²) < 4.78 is 5.82. The average molecular weight is 325 g/mol. The molecule has 2 rings (SSSR count). The number of hydrogen-bond acceptors (Lipinski definition) is 3. The lowest BCUT2D eigenvalue weighted by atomic mass is 10.1. The van der Waals surface area contributed by atoms with E-state index in [4.69, 9.17) is 16.3 Å². The molecule has 1 fully saturated rings. The van der Waals surface area contributed by atoms with E-state index in [9.17, 15) is 4.79 Å². The largest absolute Gasteiger partial charge is 0.491 e. The van der Waals surface area contributed by atoms with Crippen molar-refractivity contribution in [1.82, 2.24) is 10.2 Å². The van der Waals surface area contributed by atoms with Gasteiger partial charge in [0.1, 0.15) is 5.75 Å². The Morgan fingerprint density at radius 1 is 1.45 bits per heavy atom. The maximum atomic E-state index is 11.9. The fraction of sp³-hybridized carbons (Fsp3) is 0.588. The van der Waals surface area contributed by atoms with Crippen LogP contribution in [0.1, 0.15) is 39.2 Å². The van der Waals surface area contributed by atoms with Crippen LogP contribution in [0.15, 0.2) is 18.2 Å². The van der Waals surface area contributed by atoms with Crippen LogP contribution in [0.3, 0.4) is 0 Å². The first-order valence-corrected chi connectivity index (χ1v) is 8.33. The average Bonchev–Trinajstić information content (AvgIpc) is 2.80. The zero-order valence-electron chi connectivity index (χ0n) is 13.6. The molecule has 4 nitrogen and oxygen atoms in total. The number of benzene rings is 1. The molecule has 1 amide bonds. The van der Waals surface area contributed by atoms with Crippen molar-refractivity contribution in [2.24, 2.45) is 0 Å². The number of halogens is 1. The summed E-state index contributed by atoms with van der Waals surface area (Å²) in [5, 5.41) is 4.15. The highest BCUT2D eigenvalue weighted by molar-refractivity contribution is 6.30. The van der Waals surface area contributed by atoms with Crippen LogP contribution in [-0.2, 0) is 11.3 Å². The number of hydrogen-bond donors (Lipinski definition) is 1. The van der Waals surface area contributed by atoms with Crippen molar-refractivity contribution >= 4 is 17.5 Å². The van der Waals surface area contributed by atoms with Crippen molar-refractivity contribution in [2.45, 2.75) is 52.3 Å². The molecule has 22 heavy (non-hydrogen) atoms. The maximum Gasteiger partial charge on any atom is 0.224 e. The molecule has 1 atom stereocenters. The molecule has 0 radical (unpaired) electrons. The Labute approximate surface area is 137 Å². The molecule has 0 aliphatic carbocycles. The van der Waals surface area contributed by atoms with Crippen molar-refractivity contribution < 1.29 is 9.53 Å². The number of ether oxygens (including phenoxy) is 1. The smallest absolute Gasteiger partial charge is 0.224 e. The molecule has 1 aliphatic rings. The minimum atomic E-state index is 0.119. The van der Waals surface area contributed by atoms with Gasteiger partial charge in [-0.15, -0.1) is 0 Å². The summed E-state index contributed by atoms with van der Waals surface area (Å²) in [5.74, 6) is 1.09. The minimum Gasteiger partial charge on any atom is -0.491 e. The van der Waals surface area contributed by atoms with Crippen molar-refractivity contribution in [2.75, 3.05) is 13.1 Å². The van der Waals surface area contributed by atoms with Gasteiger partial charge in [0.25, 0.3) is 0 Å². The fourth-order valence-electron chi connectivity index (χ4n) is 2.70. The van der Waals surface area contributed by atoms with Crippen LogP contribution in [0.2, 0.25) is 5.02 Å². The number of rotatable bonds is 7. The summed E-state index contributed by atoms with van der Waals surface area (Å²) in [5.41, 5.74) is 1.03. The van der Waals surface area contributed by atoms with Gasteiger partial charge in [-0.3, -0.25) is 4.79 Å². The molecular weight excluding hydrogens is 300 g/mol. The first-order valence-electron chi connectivity index (χ1n) is 7.95. The lowest BCUT2D eigenvalue weighted by molar-refractivity contribution is -0.127. The summed E-state index contributed by atoms with van der Waals surface area (Å²) in [6, 6.07) is 5.87. The molecule has 5 heteroatoms. The summed E-state index contributed by atoms with van der Waals surface area (Å²) in [4.78, 5) is 13.8. The lowest BCUT2D eigenvalue weighted by Crippen LogP contribution is -2.32. The van der Waals surface area contributed by atoms with Gasteiger partial charge < -0.3 is 15.0 Å². The van der Waals surface area contributed by atoms with Gasteiger partial charge in [0.05, 0.1) is 6.10 Å². The molecule has 1 saturated heterocycles. The third-order valence-electron chi connectivity index (χ3n) is 3.67. The lowest BCUT2D eigenvalue weighted by Gasteiger charge is -2.18. The first-order chi connectivity index (χ1) is 10.5. The zero-order chi connectivity index (χ0) is 16.1. The van der Waals surface area contributed by atoms with Gasteiger partial charge in [-0.05, 0) is 38.5 Å². The second-order valence-corrected chi connectivity index (χ2v) is 6.48. The Hall–Kier alpha value is -1.26. The number of carbonyl (C=O) groups is 1. The second-order valence-electron chi connectivity index (χ2n) is 6.04. The number of amides is 1. The number of likely N-dealkylation sites (tertiary alicyclic amines) is 1. The van der Waals surface area contributed by atoms with E-state index in [2.05, 4.69) is 12.2 Å². The topological polar surface area (TPSA) is 41.6 Å². The van der Waals surface area contributed by atoms with Crippen molar-refractivity contribution in [3.63, 3.8) is 0 Å². The van der Waals surface area contributed by atoms with Crippen LogP contribution >= 0.6 is 11.6 Å². The van der Waals surface area contributed by atoms with Gasteiger partial charge in [-0.1, -0.05) is 18.5 Å². The zero-order valence-corrected chi connectivity index (χ0v) is 14.3. The van der Waals surface area contributed by atoms with Gasteiger partial charge >= 0.3 is 0 Å². The summed E-state index contributed by atoms with van der Waals surface area (Å²) in [7, 11) is 0. The molecule has 0 saturated carbocycles. The quantitative estimate of drug-likeness (QED) is 0.837. The summed E-state index contributed by atoms with van der Waals surface area (Å²) in [6.45, 7) is 8.38. The standard InChI is InChI=1S/C17H25ClN2O2/c1-4-7-20-11-15(9-17(20)21)19-10-13-8-14(18)5-6-16(13)22-12(2)3/h5-6,8,12,15,19H,4,7,9-11H2,1-3H3. The molecule has 0 bridgehead atoms. The van der Waals surface area contributed by atoms with E-state index in [1.54, 1.807) is 0 Å². The molecular formula is C17H25ClN2O2. The molecule has 0 aromatic heterocycles. The van der Waals surface area contributed by atoms with E-state index in [-0.39, 0.29) is 18.1 Å². The number of nitrogens with one attached hydrogen (secondary N) is 1. The van der Waals surface area contributed by atoms with Crippen LogP contribution < -0.4 is 10.1 Å². The summed E-state index contributed by atoms with van der Waals surface area (Å²) in [6.07, 6.45) is 1.69. The Morgan fingerprint density at radius 3 is 2.91 bits per heavy atom. The van der Waals surface area contributed by atoms with Crippen LogP contribution in [0.5, 0.6) is 5.75 Å². The number of nitrogens with zero attached hydrogens (tertiary/aromatic N) is 1.